The van der Waals surface area contributed by atoms with E-state index in [0.717, 1.165) is 4.68 Å². The SMILES string of the molecule is CCCOC(=O)NN=C(N)c1nn(-c2c(Cl)cc(C(F)(F)F)cc2Cl)c(N)c1S(C)=O. The monoisotopic (exact) mass is 500 g/mol. The van der Waals surface area contributed by atoms with Crippen molar-refractivity contribution in [2.75, 3.05) is 18.6 Å². The van der Waals surface area contributed by atoms with E-state index >= 15 is 0 Å². The first-order valence-corrected chi connectivity index (χ1v) is 10.7. The molecule has 2 aromatic rings. The highest BCUT2D eigenvalue weighted by Gasteiger charge is 2.33. The van der Waals surface area contributed by atoms with Gasteiger partial charge in [0.1, 0.15) is 22.1 Å². The first kappa shape index (κ1) is 24.8. The molecular weight excluding hydrogens is 484 g/mol. The van der Waals surface area contributed by atoms with Crippen LogP contribution in [0.1, 0.15) is 24.6 Å². The molecule has 0 saturated heterocycles. The standard InChI is InChI=1S/C16H17Cl2F3N6O3S/c1-3-4-30-15(28)25-24-13(22)10-12(31(2)29)14(23)27(26-10)11-8(17)5-7(6-9(11)18)16(19,20)21/h5-6H,3-4,23H2,1-2H3,(H2,22,24)(H,25,28). The highest BCUT2D eigenvalue weighted by molar-refractivity contribution is 7.84. The highest BCUT2D eigenvalue weighted by atomic mass is 35.5. The van der Waals surface area contributed by atoms with Crippen molar-refractivity contribution in [3.63, 3.8) is 0 Å². The number of nitrogens with two attached hydrogens (primary N) is 2. The Balaban J connectivity index is 2.56. The summed E-state index contributed by atoms with van der Waals surface area (Å²) in [5.41, 5.74) is 12.4. The number of nitrogens with zero attached hydrogens (tertiary/aromatic N) is 3. The van der Waals surface area contributed by atoms with Crippen LogP contribution in [-0.4, -0.2) is 38.8 Å². The second-order valence-corrected chi connectivity index (χ2v) is 8.09. The molecule has 1 unspecified atom stereocenters. The fourth-order valence-corrected chi connectivity index (χ4v) is 3.80. The van der Waals surface area contributed by atoms with Crippen LogP contribution in [0.5, 0.6) is 0 Å². The lowest BCUT2D eigenvalue weighted by atomic mass is 10.2. The van der Waals surface area contributed by atoms with Crippen LogP contribution in [-0.2, 0) is 21.7 Å². The van der Waals surface area contributed by atoms with Crippen molar-refractivity contribution < 1.29 is 26.9 Å². The molecular formula is C16H17Cl2F3N6O3S. The summed E-state index contributed by atoms with van der Waals surface area (Å²) in [6.45, 7) is 1.94. The van der Waals surface area contributed by atoms with Crippen LogP contribution < -0.4 is 16.9 Å². The third kappa shape index (κ3) is 5.60. The minimum atomic E-state index is -4.68. The predicted molar refractivity (Wildman–Crippen MR) is 111 cm³/mol. The van der Waals surface area contributed by atoms with Crippen molar-refractivity contribution in [1.29, 1.82) is 0 Å². The number of hydrogen-bond donors (Lipinski definition) is 3. The maximum Gasteiger partial charge on any atom is 0.427 e. The smallest absolute Gasteiger partial charge is 0.427 e. The van der Waals surface area contributed by atoms with E-state index in [-0.39, 0.29) is 34.5 Å². The van der Waals surface area contributed by atoms with Crippen LogP contribution in [0.4, 0.5) is 23.8 Å². The third-order valence-electron chi connectivity index (χ3n) is 3.67. The second-order valence-electron chi connectivity index (χ2n) is 5.96. The molecule has 1 aromatic carbocycles. The zero-order chi connectivity index (χ0) is 23.5. The molecule has 5 N–H and O–H groups in total. The molecule has 0 saturated carbocycles. The Hall–Kier alpha value is -2.51. The number of alkyl halides is 3. The zero-order valence-corrected chi connectivity index (χ0v) is 18.4. The van der Waals surface area contributed by atoms with Gasteiger partial charge in [0, 0.05) is 6.26 Å². The van der Waals surface area contributed by atoms with Gasteiger partial charge in [0.15, 0.2) is 5.84 Å². The van der Waals surface area contributed by atoms with Crippen molar-refractivity contribution in [3.05, 3.63) is 33.4 Å². The first-order chi connectivity index (χ1) is 14.4. The number of halogens is 5. The van der Waals surface area contributed by atoms with E-state index in [2.05, 4.69) is 10.2 Å². The van der Waals surface area contributed by atoms with Gasteiger partial charge in [-0.1, -0.05) is 30.1 Å². The quantitative estimate of drug-likeness (QED) is 0.316. The summed E-state index contributed by atoms with van der Waals surface area (Å²) in [4.78, 5) is 11.4. The van der Waals surface area contributed by atoms with Crippen molar-refractivity contribution >= 4 is 51.7 Å². The van der Waals surface area contributed by atoms with Crippen molar-refractivity contribution in [1.82, 2.24) is 15.2 Å². The molecule has 9 nitrogen and oxygen atoms in total. The van der Waals surface area contributed by atoms with E-state index < -0.39 is 38.7 Å². The number of aromatic nitrogens is 2. The van der Waals surface area contributed by atoms with Gasteiger partial charge in [-0.15, -0.1) is 0 Å². The molecule has 15 heteroatoms. The first-order valence-electron chi connectivity index (χ1n) is 8.43. The molecule has 0 fully saturated rings. The van der Waals surface area contributed by atoms with Crippen LogP contribution in [0.25, 0.3) is 5.69 Å². The lowest BCUT2D eigenvalue weighted by Gasteiger charge is -2.13. The Morgan fingerprint density at radius 3 is 2.42 bits per heavy atom. The summed E-state index contributed by atoms with van der Waals surface area (Å²) in [6.07, 6.45) is -3.71. The van der Waals surface area contributed by atoms with Gasteiger partial charge in [-0.25, -0.2) is 14.9 Å². The number of amidine groups is 1. The van der Waals surface area contributed by atoms with Crippen LogP contribution in [0, 0.1) is 0 Å². The van der Waals surface area contributed by atoms with Gasteiger partial charge in [0.2, 0.25) is 0 Å². The summed E-state index contributed by atoms with van der Waals surface area (Å²) in [5.74, 6) is -0.630. The van der Waals surface area contributed by atoms with E-state index in [1.807, 2.05) is 5.43 Å². The minimum Gasteiger partial charge on any atom is -0.448 e. The van der Waals surface area contributed by atoms with Crippen molar-refractivity contribution in [3.8, 4) is 5.69 Å². The fraction of sp³-hybridized carbons (Fsp3) is 0.312. The zero-order valence-electron chi connectivity index (χ0n) is 16.1. The maximum absolute atomic E-state index is 13.0. The molecule has 1 amide bonds. The Morgan fingerprint density at radius 1 is 1.35 bits per heavy atom. The number of carbonyl (C=O) groups excluding carboxylic acids is 1. The van der Waals surface area contributed by atoms with Gasteiger partial charge in [-0.2, -0.15) is 23.4 Å². The molecule has 1 aromatic heterocycles. The number of ether oxygens (including phenoxy) is 1. The Bertz CT molecular complexity index is 1030. The molecule has 2 rings (SSSR count). The number of hydrogen-bond acceptors (Lipinski definition) is 6. The summed E-state index contributed by atoms with van der Waals surface area (Å²) in [6, 6.07) is 1.30. The Kier molecular flexibility index (Phi) is 7.78. The van der Waals surface area contributed by atoms with Gasteiger partial charge in [-0.3, -0.25) is 4.21 Å². The van der Waals surface area contributed by atoms with Crippen LogP contribution in [0.3, 0.4) is 0 Å². The van der Waals surface area contributed by atoms with E-state index in [1.165, 1.54) is 6.26 Å². The molecule has 1 atom stereocenters. The number of nitrogens with one attached hydrogen (secondary N) is 1. The van der Waals surface area contributed by atoms with Crippen LogP contribution in [0.15, 0.2) is 22.1 Å². The molecule has 0 aliphatic rings. The number of hydrazone groups is 1. The van der Waals surface area contributed by atoms with E-state index in [0.29, 0.717) is 18.6 Å². The summed E-state index contributed by atoms with van der Waals surface area (Å²) < 4.78 is 56.8. The molecule has 0 aliphatic heterocycles. The number of rotatable bonds is 6. The van der Waals surface area contributed by atoms with E-state index in [4.69, 9.17) is 39.4 Å². The number of amides is 1. The number of carbonyl (C=O) groups is 1. The van der Waals surface area contributed by atoms with Gasteiger partial charge in [-0.05, 0) is 18.6 Å². The highest BCUT2D eigenvalue weighted by Crippen LogP contribution is 2.39. The summed E-state index contributed by atoms with van der Waals surface area (Å²) in [7, 11) is -1.76. The van der Waals surface area contributed by atoms with Gasteiger partial charge < -0.3 is 16.2 Å². The molecule has 0 bridgehead atoms. The van der Waals surface area contributed by atoms with Crippen LogP contribution in [0.2, 0.25) is 10.0 Å². The fourth-order valence-electron chi connectivity index (χ4n) is 2.36. The predicted octanol–water partition coefficient (Wildman–Crippen LogP) is 3.27. The molecule has 0 aliphatic carbocycles. The Morgan fingerprint density at radius 2 is 1.94 bits per heavy atom. The van der Waals surface area contributed by atoms with Gasteiger partial charge >= 0.3 is 12.3 Å². The van der Waals surface area contributed by atoms with Gasteiger partial charge in [0.05, 0.1) is 33.0 Å². The number of nitrogen functional groups attached to an aromatic ring is 1. The average molecular weight is 501 g/mol. The number of anilines is 1. The average Bonchev–Trinajstić information content (AvgIpc) is 3.00. The second kappa shape index (κ2) is 9.75. The maximum atomic E-state index is 13.0. The molecule has 1 heterocycles. The lowest BCUT2D eigenvalue weighted by molar-refractivity contribution is -0.137. The van der Waals surface area contributed by atoms with Crippen molar-refractivity contribution in [2.45, 2.75) is 24.4 Å². The van der Waals surface area contributed by atoms with Gasteiger partial charge in [0.25, 0.3) is 0 Å². The summed E-state index contributed by atoms with van der Waals surface area (Å²) >= 11 is 12.0. The van der Waals surface area contributed by atoms with E-state index in [1.54, 1.807) is 6.92 Å². The normalized spacial score (nSPS) is 13.2. The molecule has 170 valence electrons. The van der Waals surface area contributed by atoms with Crippen LogP contribution >= 0.6 is 23.2 Å². The van der Waals surface area contributed by atoms with Crippen molar-refractivity contribution in [2.24, 2.45) is 10.8 Å². The largest absolute Gasteiger partial charge is 0.448 e. The molecule has 0 radical (unpaired) electrons. The lowest BCUT2D eigenvalue weighted by Crippen LogP contribution is -2.26. The summed E-state index contributed by atoms with van der Waals surface area (Å²) in [5, 5.41) is 6.85. The molecule has 31 heavy (non-hydrogen) atoms. The minimum absolute atomic E-state index is 0.0861. The third-order valence-corrected chi connectivity index (χ3v) is 5.22. The topological polar surface area (TPSA) is 138 Å². The van der Waals surface area contributed by atoms with E-state index in [9.17, 15) is 22.2 Å². The Labute approximate surface area is 186 Å². The molecule has 0 spiro atoms. The number of benzene rings is 1.